The van der Waals surface area contributed by atoms with E-state index in [0.717, 1.165) is 6.54 Å². The molecule has 0 aliphatic carbocycles. The standard InChI is InChI=1S/C9H22N2/c1-6-8(2)11(5)7-9(3,4)10/h8H,6-7,10H2,1-5H3. The van der Waals surface area contributed by atoms with Crippen molar-refractivity contribution in [2.75, 3.05) is 13.6 Å². The largest absolute Gasteiger partial charge is 0.324 e. The normalized spacial score (nSPS) is 15.5. The Balaban J connectivity index is 3.77. The van der Waals surface area contributed by atoms with Crippen LogP contribution in [0.3, 0.4) is 0 Å². The van der Waals surface area contributed by atoms with E-state index in [2.05, 4.69) is 39.6 Å². The highest BCUT2D eigenvalue weighted by Gasteiger charge is 2.16. The van der Waals surface area contributed by atoms with Gasteiger partial charge in [0.15, 0.2) is 0 Å². The lowest BCUT2D eigenvalue weighted by molar-refractivity contribution is 0.209. The van der Waals surface area contributed by atoms with Gasteiger partial charge in [-0.25, -0.2) is 0 Å². The summed E-state index contributed by atoms with van der Waals surface area (Å²) in [5.74, 6) is 0. The second kappa shape index (κ2) is 4.07. The van der Waals surface area contributed by atoms with E-state index < -0.39 is 0 Å². The van der Waals surface area contributed by atoms with E-state index in [1.165, 1.54) is 6.42 Å². The van der Waals surface area contributed by atoms with Gasteiger partial charge in [-0.15, -0.1) is 0 Å². The summed E-state index contributed by atoms with van der Waals surface area (Å²) in [4.78, 5) is 2.31. The highest BCUT2D eigenvalue weighted by Crippen LogP contribution is 2.05. The molecule has 0 rings (SSSR count). The first kappa shape index (κ1) is 10.9. The molecule has 0 bridgehead atoms. The van der Waals surface area contributed by atoms with Gasteiger partial charge in [-0.1, -0.05) is 6.92 Å². The number of hydrogen-bond donors (Lipinski definition) is 1. The van der Waals surface area contributed by atoms with Crippen LogP contribution in [0.25, 0.3) is 0 Å². The molecule has 0 spiro atoms. The first-order valence-corrected chi connectivity index (χ1v) is 4.36. The van der Waals surface area contributed by atoms with E-state index in [0.29, 0.717) is 6.04 Å². The Morgan fingerprint density at radius 1 is 1.45 bits per heavy atom. The van der Waals surface area contributed by atoms with Crippen molar-refractivity contribution in [1.82, 2.24) is 4.90 Å². The van der Waals surface area contributed by atoms with Gasteiger partial charge in [-0.05, 0) is 34.2 Å². The lowest BCUT2D eigenvalue weighted by Gasteiger charge is -2.30. The molecule has 0 aliphatic heterocycles. The van der Waals surface area contributed by atoms with Gasteiger partial charge in [-0.2, -0.15) is 0 Å². The fourth-order valence-electron chi connectivity index (χ4n) is 1.11. The van der Waals surface area contributed by atoms with E-state index in [1.807, 2.05) is 0 Å². The van der Waals surface area contributed by atoms with Crippen LogP contribution in [-0.2, 0) is 0 Å². The van der Waals surface area contributed by atoms with Gasteiger partial charge in [0.05, 0.1) is 0 Å². The maximum atomic E-state index is 5.89. The number of rotatable bonds is 4. The van der Waals surface area contributed by atoms with Crippen LogP contribution in [0.5, 0.6) is 0 Å². The lowest BCUT2D eigenvalue weighted by Crippen LogP contribution is -2.46. The summed E-state index contributed by atoms with van der Waals surface area (Å²) >= 11 is 0. The zero-order chi connectivity index (χ0) is 9.07. The van der Waals surface area contributed by atoms with Crippen molar-refractivity contribution < 1.29 is 0 Å². The molecular weight excluding hydrogens is 136 g/mol. The molecule has 68 valence electrons. The minimum absolute atomic E-state index is 0.0713. The van der Waals surface area contributed by atoms with E-state index in [4.69, 9.17) is 5.73 Å². The van der Waals surface area contributed by atoms with Gasteiger partial charge in [0.2, 0.25) is 0 Å². The lowest BCUT2D eigenvalue weighted by atomic mass is 10.1. The zero-order valence-electron chi connectivity index (χ0n) is 8.52. The third-order valence-electron chi connectivity index (χ3n) is 2.00. The molecule has 0 aromatic carbocycles. The fourth-order valence-corrected chi connectivity index (χ4v) is 1.11. The number of nitrogens with zero attached hydrogens (tertiary/aromatic N) is 1. The molecule has 0 aromatic rings. The van der Waals surface area contributed by atoms with E-state index in [1.54, 1.807) is 0 Å². The molecule has 11 heavy (non-hydrogen) atoms. The summed E-state index contributed by atoms with van der Waals surface area (Å²) in [5, 5.41) is 0. The first-order chi connectivity index (χ1) is 4.87. The molecule has 0 aliphatic rings. The molecule has 1 unspecified atom stereocenters. The van der Waals surface area contributed by atoms with Crippen molar-refractivity contribution in [2.24, 2.45) is 5.73 Å². The smallest absolute Gasteiger partial charge is 0.0226 e. The van der Waals surface area contributed by atoms with Crippen LogP contribution in [0.15, 0.2) is 0 Å². The van der Waals surface area contributed by atoms with Gasteiger partial charge in [0.25, 0.3) is 0 Å². The number of hydrogen-bond acceptors (Lipinski definition) is 2. The van der Waals surface area contributed by atoms with Gasteiger partial charge < -0.3 is 10.6 Å². The molecular formula is C9H22N2. The molecule has 0 fully saturated rings. The Bertz CT molecular complexity index is 105. The maximum Gasteiger partial charge on any atom is 0.0226 e. The summed E-state index contributed by atoms with van der Waals surface area (Å²) in [5.41, 5.74) is 5.82. The summed E-state index contributed by atoms with van der Waals surface area (Å²) in [6, 6.07) is 0.637. The topological polar surface area (TPSA) is 29.3 Å². The van der Waals surface area contributed by atoms with Gasteiger partial charge >= 0.3 is 0 Å². The van der Waals surface area contributed by atoms with Crippen LogP contribution in [0.4, 0.5) is 0 Å². The Morgan fingerprint density at radius 3 is 2.18 bits per heavy atom. The first-order valence-electron chi connectivity index (χ1n) is 4.36. The maximum absolute atomic E-state index is 5.89. The molecule has 0 aromatic heterocycles. The Labute approximate surface area is 70.8 Å². The van der Waals surface area contributed by atoms with Crippen molar-refractivity contribution in [2.45, 2.75) is 45.7 Å². The van der Waals surface area contributed by atoms with Crippen LogP contribution in [-0.4, -0.2) is 30.1 Å². The van der Waals surface area contributed by atoms with Crippen molar-refractivity contribution in [1.29, 1.82) is 0 Å². The summed E-state index contributed by atoms with van der Waals surface area (Å²) in [6.45, 7) is 9.51. The highest BCUT2D eigenvalue weighted by molar-refractivity contribution is 4.77. The van der Waals surface area contributed by atoms with E-state index in [9.17, 15) is 0 Å². The molecule has 2 N–H and O–H groups in total. The predicted molar refractivity (Wildman–Crippen MR) is 50.6 cm³/mol. The summed E-state index contributed by atoms with van der Waals surface area (Å²) in [6.07, 6.45) is 1.19. The van der Waals surface area contributed by atoms with Crippen LogP contribution < -0.4 is 5.73 Å². The molecule has 2 heteroatoms. The summed E-state index contributed by atoms with van der Waals surface area (Å²) < 4.78 is 0. The second-order valence-corrected chi connectivity index (χ2v) is 4.16. The van der Waals surface area contributed by atoms with Gasteiger partial charge in [-0.3, -0.25) is 0 Å². The van der Waals surface area contributed by atoms with Crippen LogP contribution >= 0.6 is 0 Å². The van der Waals surface area contributed by atoms with Crippen molar-refractivity contribution in [3.8, 4) is 0 Å². The van der Waals surface area contributed by atoms with Crippen LogP contribution in [0, 0.1) is 0 Å². The third kappa shape index (κ3) is 5.22. The minimum Gasteiger partial charge on any atom is -0.324 e. The average Bonchev–Trinajstić information content (AvgIpc) is 1.82. The molecule has 1 atom stereocenters. The van der Waals surface area contributed by atoms with Crippen LogP contribution in [0.1, 0.15) is 34.1 Å². The second-order valence-electron chi connectivity index (χ2n) is 4.16. The fraction of sp³-hybridized carbons (Fsp3) is 1.00. The number of nitrogens with two attached hydrogens (primary N) is 1. The molecule has 0 heterocycles. The Hall–Kier alpha value is -0.0800. The molecule has 2 nitrogen and oxygen atoms in total. The molecule has 0 amide bonds. The van der Waals surface area contributed by atoms with Crippen molar-refractivity contribution >= 4 is 0 Å². The summed E-state index contributed by atoms with van der Waals surface area (Å²) in [7, 11) is 2.13. The van der Waals surface area contributed by atoms with Gasteiger partial charge in [0, 0.05) is 18.1 Å². The zero-order valence-corrected chi connectivity index (χ0v) is 8.52. The number of likely N-dealkylation sites (N-methyl/N-ethyl adjacent to an activating group) is 1. The van der Waals surface area contributed by atoms with Crippen LogP contribution in [0.2, 0.25) is 0 Å². The highest BCUT2D eigenvalue weighted by atomic mass is 15.1. The monoisotopic (exact) mass is 158 g/mol. The third-order valence-corrected chi connectivity index (χ3v) is 2.00. The van der Waals surface area contributed by atoms with E-state index in [-0.39, 0.29) is 5.54 Å². The van der Waals surface area contributed by atoms with Gasteiger partial charge in [0.1, 0.15) is 0 Å². The minimum atomic E-state index is -0.0713. The Morgan fingerprint density at radius 2 is 1.91 bits per heavy atom. The predicted octanol–water partition coefficient (Wildman–Crippen LogP) is 1.45. The quantitative estimate of drug-likeness (QED) is 0.671. The molecule has 0 radical (unpaired) electrons. The molecule has 0 saturated carbocycles. The molecule has 0 saturated heterocycles. The van der Waals surface area contributed by atoms with Crippen molar-refractivity contribution in [3.05, 3.63) is 0 Å². The van der Waals surface area contributed by atoms with Crippen molar-refractivity contribution in [3.63, 3.8) is 0 Å². The van der Waals surface area contributed by atoms with E-state index >= 15 is 0 Å². The SMILES string of the molecule is CCC(C)N(C)CC(C)(C)N. The average molecular weight is 158 g/mol. The Kier molecular flexibility index (Phi) is 4.04.